The fourth-order valence-electron chi connectivity index (χ4n) is 2.90. The number of rotatable bonds is 2. The van der Waals surface area contributed by atoms with E-state index in [0.717, 1.165) is 12.3 Å². The fraction of sp³-hybridized carbons (Fsp3) is 0.909. The summed E-state index contributed by atoms with van der Waals surface area (Å²) in [6, 6.07) is 0. The number of fused-ring (bicyclic) bond motifs is 2. The molecule has 13 heavy (non-hydrogen) atoms. The molecule has 2 aliphatic rings. The van der Waals surface area contributed by atoms with Crippen LogP contribution in [0, 0.1) is 11.8 Å². The van der Waals surface area contributed by atoms with Gasteiger partial charge in [0, 0.05) is 13.0 Å². The van der Waals surface area contributed by atoms with Crippen molar-refractivity contribution in [3.63, 3.8) is 0 Å². The van der Waals surface area contributed by atoms with Gasteiger partial charge in [-0.2, -0.15) is 0 Å². The van der Waals surface area contributed by atoms with E-state index in [0.29, 0.717) is 11.7 Å². The van der Waals surface area contributed by atoms with E-state index in [1.165, 1.54) is 38.9 Å². The maximum Gasteiger partial charge on any atom is 0.130 e. The molecule has 2 rings (SSSR count). The highest BCUT2D eigenvalue weighted by molar-refractivity contribution is 5.75. The highest BCUT2D eigenvalue weighted by atomic mass is 16.1. The van der Waals surface area contributed by atoms with Crippen LogP contribution in [-0.4, -0.2) is 30.3 Å². The lowest BCUT2D eigenvalue weighted by molar-refractivity contribution is -0.119. The van der Waals surface area contributed by atoms with E-state index in [1.807, 2.05) is 0 Å². The van der Waals surface area contributed by atoms with Crippen LogP contribution in [0.4, 0.5) is 0 Å². The van der Waals surface area contributed by atoms with Gasteiger partial charge >= 0.3 is 0 Å². The van der Waals surface area contributed by atoms with Crippen molar-refractivity contribution < 1.29 is 4.79 Å². The molecule has 2 fully saturated rings. The van der Waals surface area contributed by atoms with Crippen molar-refractivity contribution >= 4 is 5.78 Å². The summed E-state index contributed by atoms with van der Waals surface area (Å²) in [5, 5.41) is 0. The van der Waals surface area contributed by atoms with Crippen LogP contribution >= 0.6 is 0 Å². The van der Waals surface area contributed by atoms with E-state index < -0.39 is 0 Å². The number of hydrogen-bond donors (Lipinski definition) is 0. The minimum atomic E-state index is 0.379. The average Bonchev–Trinajstić information content (AvgIpc) is 2.10. The van der Waals surface area contributed by atoms with E-state index in [1.54, 1.807) is 6.92 Å². The molecule has 0 amide bonds. The molecule has 0 N–H and O–H groups in total. The molecule has 2 bridgehead atoms. The first kappa shape index (κ1) is 9.20. The van der Waals surface area contributed by atoms with Crippen molar-refractivity contribution in [1.29, 1.82) is 0 Å². The second kappa shape index (κ2) is 3.79. The van der Waals surface area contributed by atoms with Gasteiger partial charge in [-0.25, -0.2) is 0 Å². The molecule has 2 saturated heterocycles. The van der Waals surface area contributed by atoms with Gasteiger partial charge in [0.1, 0.15) is 5.78 Å². The minimum Gasteiger partial charge on any atom is -0.303 e. The Morgan fingerprint density at radius 3 is 3.00 bits per heavy atom. The van der Waals surface area contributed by atoms with Gasteiger partial charge in [-0.1, -0.05) is 0 Å². The molecule has 0 aromatic heterocycles. The molecular weight excluding hydrogens is 162 g/mol. The Hall–Kier alpha value is -0.370. The second-order valence-electron chi connectivity index (χ2n) is 4.66. The third kappa shape index (κ3) is 2.11. The van der Waals surface area contributed by atoms with Crippen LogP contribution in [0.25, 0.3) is 0 Å². The van der Waals surface area contributed by atoms with Gasteiger partial charge in [-0.15, -0.1) is 0 Å². The Morgan fingerprint density at radius 2 is 2.23 bits per heavy atom. The topological polar surface area (TPSA) is 20.3 Å². The number of piperidine rings is 2. The molecule has 3 atom stereocenters. The van der Waals surface area contributed by atoms with Gasteiger partial charge in [0.25, 0.3) is 0 Å². The number of Topliss-reactive ketones (excluding diaryl/α,β-unsaturated/α-hetero) is 1. The summed E-state index contributed by atoms with van der Waals surface area (Å²) in [5.74, 6) is 1.91. The predicted molar refractivity (Wildman–Crippen MR) is 52.6 cm³/mol. The third-order valence-electron chi connectivity index (χ3n) is 3.57. The molecule has 2 nitrogen and oxygen atoms in total. The zero-order valence-electron chi connectivity index (χ0n) is 8.46. The number of ketones is 1. The van der Waals surface area contributed by atoms with Crippen molar-refractivity contribution in [2.45, 2.75) is 32.6 Å². The quantitative estimate of drug-likeness (QED) is 0.646. The van der Waals surface area contributed by atoms with E-state index in [2.05, 4.69) is 4.90 Å². The van der Waals surface area contributed by atoms with E-state index in [-0.39, 0.29) is 0 Å². The first-order chi connectivity index (χ1) is 6.25. The number of carbonyl (C=O) groups is 1. The molecule has 74 valence electrons. The molecule has 0 saturated carbocycles. The summed E-state index contributed by atoms with van der Waals surface area (Å²) in [6.45, 7) is 5.52. The van der Waals surface area contributed by atoms with Gasteiger partial charge in [0.15, 0.2) is 0 Å². The Morgan fingerprint density at radius 1 is 1.38 bits per heavy atom. The van der Waals surface area contributed by atoms with Gasteiger partial charge in [0.2, 0.25) is 0 Å². The smallest absolute Gasteiger partial charge is 0.130 e. The molecule has 2 heteroatoms. The predicted octanol–water partition coefficient (Wildman–Crippen LogP) is 1.70. The second-order valence-corrected chi connectivity index (χ2v) is 4.66. The zero-order valence-corrected chi connectivity index (χ0v) is 8.46. The van der Waals surface area contributed by atoms with E-state index >= 15 is 0 Å². The molecular formula is C11H19NO. The number of nitrogens with zero attached hydrogens (tertiary/aromatic N) is 1. The summed E-state index contributed by atoms with van der Waals surface area (Å²) in [5.41, 5.74) is 0. The van der Waals surface area contributed by atoms with Crippen LogP contribution in [0.15, 0.2) is 0 Å². The van der Waals surface area contributed by atoms with Gasteiger partial charge in [0.05, 0.1) is 0 Å². The summed E-state index contributed by atoms with van der Waals surface area (Å²) in [7, 11) is 0. The molecule has 0 aromatic carbocycles. The van der Waals surface area contributed by atoms with Crippen LogP contribution in [0.2, 0.25) is 0 Å². The summed E-state index contributed by atoms with van der Waals surface area (Å²) < 4.78 is 0. The molecule has 0 radical (unpaired) electrons. The maximum absolute atomic E-state index is 11.1. The van der Waals surface area contributed by atoms with Crippen molar-refractivity contribution in [2.75, 3.05) is 19.6 Å². The Kier molecular flexibility index (Phi) is 2.68. The summed E-state index contributed by atoms with van der Waals surface area (Å²) in [4.78, 5) is 13.6. The third-order valence-corrected chi connectivity index (χ3v) is 3.57. The Labute approximate surface area is 80.3 Å². The van der Waals surface area contributed by atoms with Crippen molar-refractivity contribution in [3.8, 4) is 0 Å². The molecule has 3 unspecified atom stereocenters. The van der Waals surface area contributed by atoms with Crippen LogP contribution in [0.5, 0.6) is 0 Å². The lowest BCUT2D eigenvalue weighted by atomic mass is 9.77. The zero-order chi connectivity index (χ0) is 9.26. The van der Waals surface area contributed by atoms with Gasteiger partial charge in [-0.05, 0) is 51.1 Å². The number of carbonyl (C=O) groups excluding carboxylic acids is 1. The minimum absolute atomic E-state index is 0.379. The average molecular weight is 181 g/mol. The van der Waals surface area contributed by atoms with Gasteiger partial charge < -0.3 is 9.69 Å². The molecule has 2 heterocycles. The summed E-state index contributed by atoms with van der Waals surface area (Å²) >= 11 is 0. The van der Waals surface area contributed by atoms with Crippen LogP contribution in [0.1, 0.15) is 32.6 Å². The largest absolute Gasteiger partial charge is 0.303 e. The first-order valence-electron chi connectivity index (χ1n) is 5.47. The van der Waals surface area contributed by atoms with Crippen molar-refractivity contribution in [2.24, 2.45) is 11.8 Å². The standard InChI is InChI=1S/C11H19NO/c1-9(13)7-10-4-6-12-5-2-3-11(10)8-12/h10-11H,2-8H2,1H3. The molecule has 0 aliphatic carbocycles. The van der Waals surface area contributed by atoms with Crippen molar-refractivity contribution in [3.05, 3.63) is 0 Å². The fourth-order valence-corrected chi connectivity index (χ4v) is 2.90. The van der Waals surface area contributed by atoms with E-state index in [9.17, 15) is 4.79 Å². The normalized spacial score (nSPS) is 38.7. The van der Waals surface area contributed by atoms with Crippen LogP contribution < -0.4 is 0 Å². The highest BCUT2D eigenvalue weighted by Gasteiger charge is 2.32. The highest BCUT2D eigenvalue weighted by Crippen LogP contribution is 2.33. The Balaban J connectivity index is 1.93. The van der Waals surface area contributed by atoms with E-state index in [4.69, 9.17) is 0 Å². The van der Waals surface area contributed by atoms with Crippen molar-refractivity contribution in [1.82, 2.24) is 4.90 Å². The lowest BCUT2D eigenvalue weighted by Crippen LogP contribution is -2.44. The van der Waals surface area contributed by atoms with Crippen LogP contribution in [0.3, 0.4) is 0 Å². The first-order valence-corrected chi connectivity index (χ1v) is 5.47. The maximum atomic E-state index is 11.1. The molecule has 0 spiro atoms. The van der Waals surface area contributed by atoms with Crippen LogP contribution in [-0.2, 0) is 4.79 Å². The Bertz CT molecular complexity index is 202. The molecule has 0 aromatic rings. The summed E-state index contributed by atoms with van der Waals surface area (Å²) in [6.07, 6.45) is 4.79. The lowest BCUT2D eigenvalue weighted by Gasteiger charge is -2.42. The monoisotopic (exact) mass is 181 g/mol. The van der Waals surface area contributed by atoms with Gasteiger partial charge in [-0.3, -0.25) is 0 Å². The SMILES string of the molecule is CC(=O)CC1CCN2CCCC1C2. The molecule has 2 aliphatic heterocycles. The number of hydrogen-bond acceptors (Lipinski definition) is 2.